The minimum atomic E-state index is -1.56. The van der Waals surface area contributed by atoms with Crippen molar-refractivity contribution in [2.75, 3.05) is 13.1 Å². The van der Waals surface area contributed by atoms with Crippen molar-refractivity contribution in [1.82, 2.24) is 15.1 Å². The molecule has 0 aliphatic carbocycles. The Labute approximate surface area is 248 Å². The second kappa shape index (κ2) is 17.5. The molecule has 2 rings (SSSR count). The van der Waals surface area contributed by atoms with Gasteiger partial charge in [0, 0.05) is 19.4 Å². The zero-order valence-electron chi connectivity index (χ0n) is 25.2. The summed E-state index contributed by atoms with van der Waals surface area (Å²) in [6.07, 6.45) is 8.33. The normalized spacial score (nSPS) is 16.2. The average Bonchev–Trinajstić information content (AvgIpc) is 3.45. The fourth-order valence-corrected chi connectivity index (χ4v) is 5.32. The Bertz CT molecular complexity index is 1060. The summed E-state index contributed by atoms with van der Waals surface area (Å²) in [4.78, 5) is 67.4. The molecule has 5 N–H and O–H groups in total. The van der Waals surface area contributed by atoms with E-state index >= 15 is 0 Å². The Hall–Kier alpha value is -3.47. The highest BCUT2D eigenvalue weighted by Gasteiger charge is 2.44. The number of nitrogens with two attached hydrogens (primary N) is 1. The van der Waals surface area contributed by atoms with E-state index in [1.165, 1.54) is 48.4 Å². The van der Waals surface area contributed by atoms with Gasteiger partial charge >= 0.3 is 5.97 Å². The maximum absolute atomic E-state index is 13.8. The van der Waals surface area contributed by atoms with E-state index in [2.05, 4.69) is 12.2 Å². The lowest BCUT2D eigenvalue weighted by Gasteiger charge is -2.34. The number of unbranched alkanes of at least 4 members (excludes halogenated alkanes) is 6. The van der Waals surface area contributed by atoms with Crippen molar-refractivity contribution in [3.05, 3.63) is 29.8 Å². The number of phenols is 1. The van der Waals surface area contributed by atoms with Gasteiger partial charge in [0.05, 0.1) is 6.54 Å². The number of likely N-dealkylation sites (tertiary alicyclic amines) is 1. The molecule has 0 spiro atoms. The van der Waals surface area contributed by atoms with Crippen LogP contribution in [0.4, 0.5) is 0 Å². The molecule has 1 aromatic rings. The van der Waals surface area contributed by atoms with Crippen LogP contribution in [0.25, 0.3) is 0 Å². The molecule has 0 unspecified atom stereocenters. The van der Waals surface area contributed by atoms with E-state index in [4.69, 9.17) is 5.73 Å². The van der Waals surface area contributed by atoms with Gasteiger partial charge in [0.15, 0.2) is 0 Å². The molecule has 1 aliphatic rings. The quantitative estimate of drug-likeness (QED) is 0.201. The van der Waals surface area contributed by atoms with Crippen molar-refractivity contribution >= 4 is 29.6 Å². The molecular weight excluding hydrogens is 540 g/mol. The lowest BCUT2D eigenvalue weighted by atomic mass is 10.0. The van der Waals surface area contributed by atoms with Gasteiger partial charge in [0.1, 0.15) is 23.9 Å². The van der Waals surface area contributed by atoms with Crippen LogP contribution in [0.1, 0.15) is 90.5 Å². The second-order valence-corrected chi connectivity index (χ2v) is 11.4. The molecule has 1 aromatic carbocycles. The van der Waals surface area contributed by atoms with Crippen LogP contribution in [0.5, 0.6) is 5.75 Å². The number of carbonyl (C=O) groups is 5. The monoisotopic (exact) mass is 588 g/mol. The van der Waals surface area contributed by atoms with Gasteiger partial charge in [0.25, 0.3) is 5.91 Å². The van der Waals surface area contributed by atoms with E-state index in [0.29, 0.717) is 23.3 Å². The number of hydrogen-bond acceptors (Lipinski definition) is 7. The molecule has 0 radical (unpaired) electrons. The van der Waals surface area contributed by atoms with E-state index in [9.17, 15) is 34.2 Å². The first-order valence-corrected chi connectivity index (χ1v) is 15.2. The second-order valence-electron chi connectivity index (χ2n) is 11.4. The molecule has 1 fully saturated rings. The fraction of sp³-hybridized carbons (Fsp3) is 0.645. The molecule has 42 heavy (non-hydrogen) atoms. The summed E-state index contributed by atoms with van der Waals surface area (Å²) in [7, 11) is 0. The van der Waals surface area contributed by atoms with Crippen molar-refractivity contribution in [3.8, 4) is 5.75 Å². The Morgan fingerprint density at radius 1 is 1.02 bits per heavy atom. The molecule has 1 heterocycles. The van der Waals surface area contributed by atoms with Gasteiger partial charge in [-0.2, -0.15) is 0 Å². The molecule has 11 heteroatoms. The number of carbonyl (C=O) groups excluding carboxylic acids is 4. The highest BCUT2D eigenvalue weighted by molar-refractivity contribution is 6.03. The first-order chi connectivity index (χ1) is 20.0. The number of carboxylic acids is 1. The smallest absolute Gasteiger partial charge is 0.327 e. The Kier molecular flexibility index (Phi) is 14.5. The minimum Gasteiger partial charge on any atom is -0.508 e. The first kappa shape index (κ1) is 34.7. The summed E-state index contributed by atoms with van der Waals surface area (Å²) >= 11 is 0. The summed E-state index contributed by atoms with van der Waals surface area (Å²) in [5.41, 5.74) is 6.07. The summed E-state index contributed by atoms with van der Waals surface area (Å²) in [6.45, 7) is 5.44. The Morgan fingerprint density at radius 3 is 2.21 bits per heavy atom. The van der Waals surface area contributed by atoms with Crippen LogP contribution in [0, 0.1) is 5.92 Å². The van der Waals surface area contributed by atoms with Crippen molar-refractivity contribution in [3.63, 3.8) is 0 Å². The number of carboxylic acid groups (broad SMARTS) is 1. The van der Waals surface area contributed by atoms with Crippen LogP contribution >= 0.6 is 0 Å². The number of hydrogen-bond donors (Lipinski definition) is 4. The maximum Gasteiger partial charge on any atom is 0.327 e. The third kappa shape index (κ3) is 10.1. The zero-order valence-corrected chi connectivity index (χ0v) is 25.2. The van der Waals surface area contributed by atoms with Gasteiger partial charge in [-0.1, -0.05) is 71.4 Å². The summed E-state index contributed by atoms with van der Waals surface area (Å²) in [5, 5.41) is 22.4. The number of amides is 4. The highest BCUT2D eigenvalue weighted by atomic mass is 16.4. The summed E-state index contributed by atoms with van der Waals surface area (Å²) < 4.78 is 0. The molecular formula is C31H48N4O7. The SMILES string of the molecule is CCCCCCCCCC(=O)N[C@H](C(=O)N1CCC[C@H]1C(=O)N(C(=O)CN)[C@@H](Cc1ccc(O)cc1)C(=O)O)C(C)C. The summed E-state index contributed by atoms with van der Waals surface area (Å²) in [6, 6.07) is 2.31. The van der Waals surface area contributed by atoms with Crippen LogP contribution < -0.4 is 11.1 Å². The van der Waals surface area contributed by atoms with Gasteiger partial charge in [0.2, 0.25) is 17.7 Å². The number of imide groups is 1. The van der Waals surface area contributed by atoms with E-state index in [-0.39, 0.29) is 37.0 Å². The molecule has 234 valence electrons. The van der Waals surface area contributed by atoms with Gasteiger partial charge in [-0.15, -0.1) is 0 Å². The molecule has 0 saturated carbocycles. The van der Waals surface area contributed by atoms with E-state index < -0.39 is 48.4 Å². The number of aliphatic carboxylic acids is 1. The standard InChI is InChI=1S/C31H48N4O7/c1-4-5-6-7-8-9-10-13-26(37)33-28(21(2)3)30(40)34-18-11-12-24(34)29(39)35(27(38)20-32)25(31(41)42)19-22-14-16-23(36)17-15-22/h14-17,21,24-25,28,36H,4-13,18-20,32H2,1-3H3,(H,33,37)(H,41,42)/t24-,25-,28-/m0/s1. The largest absolute Gasteiger partial charge is 0.508 e. The van der Waals surface area contributed by atoms with Crippen LogP contribution in [-0.4, -0.2) is 80.8 Å². The predicted octanol–water partition coefficient (Wildman–Crippen LogP) is 2.97. The van der Waals surface area contributed by atoms with E-state index in [1.807, 2.05) is 13.8 Å². The van der Waals surface area contributed by atoms with Crippen molar-refractivity contribution in [1.29, 1.82) is 0 Å². The summed E-state index contributed by atoms with van der Waals surface area (Å²) in [5.74, 6) is -3.99. The maximum atomic E-state index is 13.8. The average molecular weight is 589 g/mol. The lowest BCUT2D eigenvalue weighted by molar-refractivity contribution is -0.161. The fourth-order valence-electron chi connectivity index (χ4n) is 5.32. The number of rotatable bonds is 17. The number of nitrogens with one attached hydrogen (secondary N) is 1. The first-order valence-electron chi connectivity index (χ1n) is 15.2. The van der Waals surface area contributed by atoms with E-state index in [1.54, 1.807) is 0 Å². The van der Waals surface area contributed by atoms with Gasteiger partial charge in [-0.3, -0.25) is 24.1 Å². The highest BCUT2D eigenvalue weighted by Crippen LogP contribution is 2.24. The molecule has 1 aliphatic heterocycles. The number of benzene rings is 1. The molecule has 3 atom stereocenters. The zero-order chi connectivity index (χ0) is 31.2. The van der Waals surface area contributed by atoms with Crippen LogP contribution in [-0.2, 0) is 30.4 Å². The molecule has 4 amide bonds. The van der Waals surface area contributed by atoms with Gasteiger partial charge in [-0.05, 0) is 42.9 Å². The molecule has 0 bridgehead atoms. The molecule has 11 nitrogen and oxygen atoms in total. The number of nitrogens with zero attached hydrogens (tertiary/aromatic N) is 2. The van der Waals surface area contributed by atoms with Crippen LogP contribution in [0.2, 0.25) is 0 Å². The van der Waals surface area contributed by atoms with Crippen LogP contribution in [0.15, 0.2) is 24.3 Å². The van der Waals surface area contributed by atoms with Gasteiger partial charge < -0.3 is 26.2 Å². The van der Waals surface area contributed by atoms with Crippen molar-refractivity contribution in [2.45, 2.75) is 110 Å². The minimum absolute atomic E-state index is 0.00842. The lowest BCUT2D eigenvalue weighted by Crippen LogP contribution is -2.59. The molecule has 0 aromatic heterocycles. The van der Waals surface area contributed by atoms with Gasteiger partial charge in [-0.25, -0.2) is 4.79 Å². The van der Waals surface area contributed by atoms with Crippen LogP contribution in [0.3, 0.4) is 0 Å². The number of phenolic OH excluding ortho intramolecular Hbond substituents is 1. The topological polar surface area (TPSA) is 170 Å². The predicted molar refractivity (Wildman–Crippen MR) is 158 cm³/mol. The molecule has 1 saturated heterocycles. The van der Waals surface area contributed by atoms with Crippen molar-refractivity contribution < 1.29 is 34.2 Å². The van der Waals surface area contributed by atoms with Crippen molar-refractivity contribution in [2.24, 2.45) is 11.7 Å². The third-order valence-electron chi connectivity index (χ3n) is 7.72. The van der Waals surface area contributed by atoms with E-state index in [0.717, 1.165) is 25.7 Å². The Morgan fingerprint density at radius 2 is 1.64 bits per heavy atom. The third-order valence-corrected chi connectivity index (χ3v) is 7.72. The number of aromatic hydroxyl groups is 1. The Balaban J connectivity index is 2.15.